The maximum Gasteiger partial charge on any atom is 0.311 e. The lowest BCUT2D eigenvalue weighted by Crippen LogP contribution is -2.36. The quantitative estimate of drug-likeness (QED) is 0.781. The topological polar surface area (TPSA) is 57.6 Å². The largest absolute Gasteiger partial charge is 0.481 e. The molecule has 0 radical (unpaired) electrons. The number of likely N-dealkylation sites (tertiary alicyclic amines) is 1. The van der Waals surface area contributed by atoms with Crippen LogP contribution in [0.3, 0.4) is 0 Å². The molecule has 1 saturated heterocycles. The van der Waals surface area contributed by atoms with E-state index in [4.69, 9.17) is 5.11 Å². The van der Waals surface area contributed by atoms with Crippen LogP contribution in [0.2, 0.25) is 0 Å². The van der Waals surface area contributed by atoms with Gasteiger partial charge in [0.1, 0.15) is 0 Å². The number of aliphatic carboxylic acids is 1. The zero-order valence-electron chi connectivity index (χ0n) is 10.5. The summed E-state index contributed by atoms with van der Waals surface area (Å²) in [6.45, 7) is 8.65. The van der Waals surface area contributed by atoms with Crippen molar-refractivity contribution in [1.82, 2.24) is 4.90 Å². The fourth-order valence-electron chi connectivity index (χ4n) is 1.91. The normalized spacial score (nSPS) is 25.9. The minimum absolute atomic E-state index is 0.0424. The molecule has 1 N–H and O–H groups in total. The van der Waals surface area contributed by atoms with Gasteiger partial charge in [-0.2, -0.15) is 0 Å². The van der Waals surface area contributed by atoms with Crippen molar-refractivity contribution >= 4 is 11.9 Å². The second kappa shape index (κ2) is 4.07. The summed E-state index contributed by atoms with van der Waals surface area (Å²) in [6, 6.07) is 0. The summed E-state index contributed by atoms with van der Waals surface area (Å²) in [5, 5.41) is 9.07. The lowest BCUT2D eigenvalue weighted by molar-refractivity contribution is -0.147. The van der Waals surface area contributed by atoms with Crippen LogP contribution in [0.4, 0.5) is 0 Å². The average Bonchev–Trinajstić information content (AvgIpc) is 2.46. The molecule has 0 bridgehead atoms. The van der Waals surface area contributed by atoms with Crippen molar-refractivity contribution in [2.45, 2.75) is 40.5 Å². The lowest BCUT2D eigenvalue weighted by Gasteiger charge is -2.24. The van der Waals surface area contributed by atoms with Crippen LogP contribution < -0.4 is 0 Å². The van der Waals surface area contributed by atoms with Gasteiger partial charge in [-0.15, -0.1) is 0 Å². The highest BCUT2D eigenvalue weighted by Crippen LogP contribution is 2.31. The van der Waals surface area contributed by atoms with Crippen molar-refractivity contribution in [3.8, 4) is 0 Å². The average molecular weight is 227 g/mol. The number of carbonyl (C=O) groups excluding carboxylic acids is 1. The molecule has 1 rings (SSSR count). The molecule has 0 aromatic heterocycles. The zero-order valence-corrected chi connectivity index (χ0v) is 10.5. The molecule has 1 amide bonds. The third kappa shape index (κ3) is 2.97. The summed E-state index contributed by atoms with van der Waals surface area (Å²) in [5.74, 6) is -0.740. The van der Waals surface area contributed by atoms with E-state index in [-0.39, 0.29) is 11.3 Å². The second-order valence-electron chi connectivity index (χ2n) is 6.17. The Labute approximate surface area is 96.6 Å². The summed E-state index contributed by atoms with van der Waals surface area (Å²) in [4.78, 5) is 24.6. The predicted octanol–water partition coefficient (Wildman–Crippen LogP) is 1.75. The highest BCUT2D eigenvalue weighted by atomic mass is 16.4. The van der Waals surface area contributed by atoms with Gasteiger partial charge in [0.15, 0.2) is 0 Å². The molecule has 1 atom stereocenters. The van der Waals surface area contributed by atoms with Crippen LogP contribution in [0, 0.1) is 10.8 Å². The van der Waals surface area contributed by atoms with E-state index in [2.05, 4.69) is 0 Å². The van der Waals surface area contributed by atoms with Crippen LogP contribution in [-0.4, -0.2) is 35.0 Å². The molecule has 0 aromatic carbocycles. The molecular weight excluding hydrogens is 206 g/mol. The van der Waals surface area contributed by atoms with Gasteiger partial charge in [0, 0.05) is 19.5 Å². The Bertz CT molecular complexity index is 306. The number of carboxylic acid groups (broad SMARTS) is 1. The van der Waals surface area contributed by atoms with Gasteiger partial charge in [0.25, 0.3) is 0 Å². The van der Waals surface area contributed by atoms with Crippen molar-refractivity contribution in [3.05, 3.63) is 0 Å². The highest BCUT2D eigenvalue weighted by molar-refractivity contribution is 5.80. The number of nitrogens with zero attached hydrogens (tertiary/aromatic N) is 1. The highest BCUT2D eigenvalue weighted by Gasteiger charge is 2.42. The minimum atomic E-state index is -0.807. The third-order valence-corrected chi connectivity index (χ3v) is 3.02. The number of hydrogen-bond acceptors (Lipinski definition) is 2. The smallest absolute Gasteiger partial charge is 0.311 e. The van der Waals surface area contributed by atoms with Crippen LogP contribution in [0.15, 0.2) is 0 Å². The van der Waals surface area contributed by atoms with E-state index in [1.54, 1.807) is 11.8 Å². The Kier molecular flexibility index (Phi) is 3.31. The zero-order chi connectivity index (χ0) is 12.6. The summed E-state index contributed by atoms with van der Waals surface area (Å²) < 4.78 is 0. The molecule has 16 heavy (non-hydrogen) atoms. The summed E-state index contributed by atoms with van der Waals surface area (Å²) >= 11 is 0. The van der Waals surface area contributed by atoms with E-state index in [1.165, 1.54) is 0 Å². The van der Waals surface area contributed by atoms with Crippen LogP contribution in [0.25, 0.3) is 0 Å². The fraction of sp³-hybridized carbons (Fsp3) is 0.833. The van der Waals surface area contributed by atoms with Gasteiger partial charge in [-0.05, 0) is 18.8 Å². The van der Waals surface area contributed by atoms with E-state index < -0.39 is 11.4 Å². The molecule has 1 aliphatic rings. The van der Waals surface area contributed by atoms with Crippen LogP contribution in [0.1, 0.15) is 40.5 Å². The SMILES string of the molecule is CC(C)(C)CC(=O)N1CCC(C)(C(=O)O)C1. The van der Waals surface area contributed by atoms with E-state index in [9.17, 15) is 9.59 Å². The van der Waals surface area contributed by atoms with Gasteiger partial charge in [0.2, 0.25) is 5.91 Å². The molecule has 1 heterocycles. The summed E-state index contributed by atoms with van der Waals surface area (Å²) in [7, 11) is 0. The number of carboxylic acids is 1. The monoisotopic (exact) mass is 227 g/mol. The maximum absolute atomic E-state index is 11.9. The molecule has 4 heteroatoms. The van der Waals surface area contributed by atoms with Gasteiger partial charge >= 0.3 is 5.97 Å². The van der Waals surface area contributed by atoms with Gasteiger partial charge in [-0.25, -0.2) is 0 Å². The number of carbonyl (C=O) groups is 2. The van der Waals surface area contributed by atoms with Gasteiger partial charge < -0.3 is 10.0 Å². The van der Waals surface area contributed by atoms with Gasteiger partial charge in [-0.3, -0.25) is 9.59 Å². The number of amides is 1. The molecule has 0 saturated carbocycles. The van der Waals surface area contributed by atoms with Crippen molar-refractivity contribution in [2.24, 2.45) is 10.8 Å². The fourth-order valence-corrected chi connectivity index (χ4v) is 1.91. The minimum Gasteiger partial charge on any atom is -0.481 e. The molecule has 1 unspecified atom stereocenters. The first-order chi connectivity index (χ1) is 7.14. The first-order valence-corrected chi connectivity index (χ1v) is 5.65. The van der Waals surface area contributed by atoms with E-state index in [0.717, 1.165) is 0 Å². The molecule has 0 spiro atoms. The Morgan fingerprint density at radius 1 is 1.38 bits per heavy atom. The molecule has 0 aromatic rings. The predicted molar refractivity (Wildman–Crippen MR) is 61.0 cm³/mol. The van der Waals surface area contributed by atoms with Crippen molar-refractivity contribution < 1.29 is 14.7 Å². The van der Waals surface area contributed by atoms with Gasteiger partial charge in [-0.1, -0.05) is 20.8 Å². The molecule has 4 nitrogen and oxygen atoms in total. The van der Waals surface area contributed by atoms with Crippen molar-refractivity contribution in [2.75, 3.05) is 13.1 Å². The third-order valence-electron chi connectivity index (χ3n) is 3.02. The number of hydrogen-bond donors (Lipinski definition) is 1. The molecule has 1 aliphatic heterocycles. The van der Waals surface area contributed by atoms with Crippen LogP contribution in [0.5, 0.6) is 0 Å². The first kappa shape index (κ1) is 13.0. The van der Waals surface area contributed by atoms with Crippen molar-refractivity contribution in [1.29, 1.82) is 0 Å². The van der Waals surface area contributed by atoms with E-state index in [0.29, 0.717) is 25.9 Å². The number of rotatable bonds is 2. The molecule has 1 fully saturated rings. The Hall–Kier alpha value is -1.06. The molecule has 0 aliphatic carbocycles. The van der Waals surface area contributed by atoms with E-state index >= 15 is 0 Å². The van der Waals surface area contributed by atoms with E-state index in [1.807, 2.05) is 20.8 Å². The second-order valence-corrected chi connectivity index (χ2v) is 6.17. The van der Waals surface area contributed by atoms with Gasteiger partial charge in [0.05, 0.1) is 5.41 Å². The molecular formula is C12H21NO3. The van der Waals surface area contributed by atoms with Crippen LogP contribution in [-0.2, 0) is 9.59 Å². The standard InChI is InChI=1S/C12H21NO3/c1-11(2,3)7-9(14)13-6-5-12(4,8-13)10(15)16/h5-8H2,1-4H3,(H,15,16). The Morgan fingerprint density at radius 3 is 2.31 bits per heavy atom. The van der Waals surface area contributed by atoms with Crippen LogP contribution >= 0.6 is 0 Å². The maximum atomic E-state index is 11.9. The molecule has 92 valence electrons. The Morgan fingerprint density at radius 2 is 1.94 bits per heavy atom. The summed E-state index contributed by atoms with van der Waals surface area (Å²) in [6.07, 6.45) is 1.03. The summed E-state index contributed by atoms with van der Waals surface area (Å²) in [5.41, 5.74) is -0.799. The lowest BCUT2D eigenvalue weighted by atomic mass is 9.90. The van der Waals surface area contributed by atoms with Crippen molar-refractivity contribution in [3.63, 3.8) is 0 Å². The first-order valence-electron chi connectivity index (χ1n) is 5.65. The Balaban J connectivity index is 2.60.